The fraction of sp³-hybridized carbons (Fsp3) is 0.724. The number of esters is 1. The summed E-state index contributed by atoms with van der Waals surface area (Å²) < 4.78 is 5.91. The van der Waals surface area contributed by atoms with Crippen LogP contribution in [0, 0.1) is 0 Å². The molecular weight excluding hydrogens is 791 g/mol. The quantitative estimate of drug-likeness (QED) is 0.0245. The van der Waals surface area contributed by atoms with E-state index in [1.807, 2.05) is 6.08 Å². The van der Waals surface area contributed by atoms with Gasteiger partial charge in [-0.3, -0.25) is 9.59 Å². The molecule has 6 nitrogen and oxygen atoms in total. The standard InChI is InChI=1S/C58H101NO5/c1-4-7-10-13-16-19-22-25-28-30-31-34-37-40-43-46-49-54(64-58(63)51-48-45-42-39-36-33-27-24-21-18-15-12-9-6-3)52-57(62)59-55(53-60)56(61)50-47-44-41-38-35-32-29-26-23-20-17-14-11-8-5-2/h9,12,16,18-19,21-22,25,27-28,30-31,33-34,54-56,60-61H,4-8,10-11,13-15,17,20,23-24,26,29,32,35-53H2,1-3H3,(H,59,62)/b12-9+,19-16+,21-18+,25-22+,30-28+,33-27+,34-31+. The molecule has 0 aromatic heterocycles. The van der Waals surface area contributed by atoms with E-state index in [0.717, 1.165) is 103 Å². The van der Waals surface area contributed by atoms with Crippen LogP contribution in [0.15, 0.2) is 85.1 Å². The highest BCUT2D eigenvalue weighted by molar-refractivity contribution is 5.77. The number of amides is 1. The van der Waals surface area contributed by atoms with Crippen molar-refractivity contribution in [2.75, 3.05) is 6.61 Å². The van der Waals surface area contributed by atoms with Gasteiger partial charge in [0.1, 0.15) is 6.10 Å². The van der Waals surface area contributed by atoms with Crippen molar-refractivity contribution in [3.05, 3.63) is 85.1 Å². The number of hydrogen-bond acceptors (Lipinski definition) is 5. The smallest absolute Gasteiger partial charge is 0.306 e. The molecule has 0 saturated heterocycles. The molecule has 0 aliphatic rings. The van der Waals surface area contributed by atoms with Crippen LogP contribution in [-0.4, -0.2) is 46.9 Å². The average Bonchev–Trinajstić information content (AvgIpc) is 3.29. The van der Waals surface area contributed by atoms with Gasteiger partial charge in [-0.1, -0.05) is 234 Å². The molecule has 0 heterocycles. The molecule has 0 bridgehead atoms. The molecule has 3 atom stereocenters. The molecule has 0 fully saturated rings. The van der Waals surface area contributed by atoms with Crippen LogP contribution in [0.1, 0.15) is 245 Å². The SMILES string of the molecule is CC/C=C/C/C=C/C/C=C/CCCCCCC(=O)OC(CCCCC/C=C/C=C/C=C/C=C/CCCCC)CC(=O)NC(CO)C(O)CCCCCCCCCCCCCCCCC. The van der Waals surface area contributed by atoms with Crippen molar-refractivity contribution in [2.24, 2.45) is 0 Å². The Hall–Kier alpha value is -2.96. The van der Waals surface area contributed by atoms with Gasteiger partial charge in [-0.05, 0) is 83.5 Å². The van der Waals surface area contributed by atoms with Gasteiger partial charge >= 0.3 is 5.97 Å². The van der Waals surface area contributed by atoms with Gasteiger partial charge < -0.3 is 20.3 Å². The number of hydrogen-bond donors (Lipinski definition) is 3. The molecule has 0 rings (SSSR count). The first kappa shape index (κ1) is 61.0. The maximum atomic E-state index is 13.2. The number of unbranched alkanes of at least 4 members (excludes halogenated alkanes) is 24. The summed E-state index contributed by atoms with van der Waals surface area (Å²) in [5, 5.41) is 23.8. The Morgan fingerprint density at radius 3 is 1.47 bits per heavy atom. The lowest BCUT2D eigenvalue weighted by Gasteiger charge is -2.24. The van der Waals surface area contributed by atoms with Crippen molar-refractivity contribution in [3.8, 4) is 0 Å². The summed E-state index contributed by atoms with van der Waals surface area (Å²) in [6.07, 6.45) is 66.4. The van der Waals surface area contributed by atoms with Crippen molar-refractivity contribution in [1.82, 2.24) is 5.32 Å². The van der Waals surface area contributed by atoms with E-state index < -0.39 is 18.2 Å². The zero-order valence-electron chi connectivity index (χ0n) is 41.9. The van der Waals surface area contributed by atoms with Crippen LogP contribution < -0.4 is 5.32 Å². The molecule has 0 saturated carbocycles. The van der Waals surface area contributed by atoms with E-state index in [1.54, 1.807) is 0 Å². The van der Waals surface area contributed by atoms with E-state index in [9.17, 15) is 19.8 Å². The molecule has 1 amide bonds. The lowest BCUT2D eigenvalue weighted by atomic mass is 10.0. The molecular formula is C58H101NO5. The van der Waals surface area contributed by atoms with Gasteiger partial charge in [0.25, 0.3) is 0 Å². The number of rotatable bonds is 47. The molecule has 0 radical (unpaired) electrons. The van der Waals surface area contributed by atoms with Gasteiger partial charge in [0.05, 0.1) is 25.2 Å². The monoisotopic (exact) mass is 892 g/mol. The molecule has 3 N–H and O–H groups in total. The summed E-state index contributed by atoms with van der Waals surface area (Å²) in [6, 6.07) is -0.724. The van der Waals surface area contributed by atoms with E-state index in [-0.39, 0.29) is 24.9 Å². The third-order valence-electron chi connectivity index (χ3n) is 11.8. The zero-order chi connectivity index (χ0) is 46.7. The average molecular weight is 892 g/mol. The molecule has 6 heteroatoms. The van der Waals surface area contributed by atoms with Gasteiger partial charge in [0.2, 0.25) is 5.91 Å². The van der Waals surface area contributed by atoms with Crippen molar-refractivity contribution >= 4 is 11.9 Å². The van der Waals surface area contributed by atoms with E-state index in [4.69, 9.17) is 4.74 Å². The number of allylic oxidation sites excluding steroid dienone is 14. The van der Waals surface area contributed by atoms with Crippen LogP contribution in [0.4, 0.5) is 0 Å². The number of nitrogens with one attached hydrogen (secondary N) is 1. The summed E-state index contributed by atoms with van der Waals surface area (Å²) in [5.41, 5.74) is 0. The number of ether oxygens (including phenoxy) is 1. The highest BCUT2D eigenvalue weighted by atomic mass is 16.5. The molecule has 3 unspecified atom stereocenters. The third-order valence-corrected chi connectivity index (χ3v) is 11.8. The summed E-state index contributed by atoms with van der Waals surface area (Å²) in [6.45, 7) is 6.32. The van der Waals surface area contributed by atoms with Gasteiger partial charge in [-0.15, -0.1) is 0 Å². The molecule has 0 aromatic carbocycles. The number of aliphatic hydroxyl groups is 2. The number of carbonyl (C=O) groups excluding carboxylic acids is 2. The Morgan fingerprint density at radius 1 is 0.484 bits per heavy atom. The maximum absolute atomic E-state index is 13.2. The van der Waals surface area contributed by atoms with E-state index in [2.05, 4.69) is 105 Å². The molecule has 0 spiro atoms. The Morgan fingerprint density at radius 2 is 0.906 bits per heavy atom. The summed E-state index contributed by atoms with van der Waals surface area (Å²) >= 11 is 0. The predicted molar refractivity (Wildman–Crippen MR) is 278 cm³/mol. The normalized spacial score (nSPS) is 13.9. The lowest BCUT2D eigenvalue weighted by Crippen LogP contribution is -2.46. The second-order valence-electron chi connectivity index (χ2n) is 18.0. The summed E-state index contributed by atoms with van der Waals surface area (Å²) in [4.78, 5) is 26.2. The number of carbonyl (C=O) groups is 2. The number of aliphatic hydroxyl groups excluding tert-OH is 2. The first-order valence-electron chi connectivity index (χ1n) is 26.9. The van der Waals surface area contributed by atoms with Crippen LogP contribution in [0.2, 0.25) is 0 Å². The fourth-order valence-electron chi connectivity index (χ4n) is 7.75. The van der Waals surface area contributed by atoms with Crippen molar-refractivity contribution in [2.45, 2.75) is 264 Å². The second-order valence-corrected chi connectivity index (χ2v) is 18.0. The molecule has 0 aliphatic heterocycles. The molecule has 368 valence electrons. The van der Waals surface area contributed by atoms with Crippen molar-refractivity contribution in [1.29, 1.82) is 0 Å². The first-order chi connectivity index (χ1) is 31.5. The molecule has 0 aromatic rings. The minimum atomic E-state index is -0.807. The van der Waals surface area contributed by atoms with Crippen LogP contribution >= 0.6 is 0 Å². The van der Waals surface area contributed by atoms with Gasteiger partial charge in [0, 0.05) is 6.42 Å². The first-order valence-corrected chi connectivity index (χ1v) is 26.9. The Bertz CT molecular complexity index is 1230. The second kappa shape index (κ2) is 51.0. The summed E-state index contributed by atoms with van der Waals surface area (Å²) in [7, 11) is 0. The van der Waals surface area contributed by atoms with Crippen molar-refractivity contribution in [3.63, 3.8) is 0 Å². The largest absolute Gasteiger partial charge is 0.462 e. The zero-order valence-corrected chi connectivity index (χ0v) is 41.9. The van der Waals surface area contributed by atoms with E-state index in [1.165, 1.54) is 96.3 Å². The van der Waals surface area contributed by atoms with Crippen LogP contribution in [0.5, 0.6) is 0 Å². The Kier molecular flexibility index (Phi) is 48.7. The lowest BCUT2D eigenvalue weighted by molar-refractivity contribution is -0.151. The molecule has 0 aliphatic carbocycles. The van der Waals surface area contributed by atoms with E-state index >= 15 is 0 Å². The van der Waals surface area contributed by atoms with Gasteiger partial charge in [-0.25, -0.2) is 0 Å². The Balaban J connectivity index is 4.70. The predicted octanol–water partition coefficient (Wildman–Crippen LogP) is 16.3. The van der Waals surface area contributed by atoms with Crippen LogP contribution in [0.25, 0.3) is 0 Å². The fourth-order valence-corrected chi connectivity index (χ4v) is 7.75. The third kappa shape index (κ3) is 45.6. The van der Waals surface area contributed by atoms with Gasteiger partial charge in [-0.2, -0.15) is 0 Å². The minimum Gasteiger partial charge on any atom is -0.462 e. The van der Waals surface area contributed by atoms with Gasteiger partial charge in [0.15, 0.2) is 0 Å². The van der Waals surface area contributed by atoms with Crippen LogP contribution in [-0.2, 0) is 14.3 Å². The molecule has 64 heavy (non-hydrogen) atoms. The van der Waals surface area contributed by atoms with Crippen molar-refractivity contribution < 1.29 is 24.5 Å². The van der Waals surface area contributed by atoms with Crippen LogP contribution in [0.3, 0.4) is 0 Å². The topological polar surface area (TPSA) is 95.9 Å². The highest BCUT2D eigenvalue weighted by Crippen LogP contribution is 2.17. The Labute approximate surface area is 395 Å². The highest BCUT2D eigenvalue weighted by Gasteiger charge is 2.24. The maximum Gasteiger partial charge on any atom is 0.306 e. The minimum absolute atomic E-state index is 0.0387. The summed E-state index contributed by atoms with van der Waals surface area (Å²) in [5.74, 6) is -0.541. The van der Waals surface area contributed by atoms with E-state index in [0.29, 0.717) is 19.3 Å².